The van der Waals surface area contributed by atoms with Gasteiger partial charge in [-0.05, 0) is 12.1 Å². The van der Waals surface area contributed by atoms with Gasteiger partial charge in [0.05, 0.1) is 11.9 Å². The first kappa shape index (κ1) is 12.1. The molecule has 4 nitrogen and oxygen atoms in total. The predicted molar refractivity (Wildman–Crippen MR) is 63.1 cm³/mol. The lowest BCUT2D eigenvalue weighted by atomic mass is 10.2. The number of fused-ring (bicyclic) bond motifs is 1. The van der Waals surface area contributed by atoms with Crippen LogP contribution >= 0.6 is 0 Å². The van der Waals surface area contributed by atoms with Crippen LogP contribution in [0.1, 0.15) is 6.42 Å². The molecule has 4 heteroatoms. The van der Waals surface area contributed by atoms with E-state index in [2.05, 4.69) is 17.1 Å². The Bertz CT molecular complexity index is 392. The Kier molecular flexibility index (Phi) is 4.95. The number of aliphatic carboxylic acids is 1. The molecule has 1 heterocycles. The number of hydrogen-bond donors (Lipinski definition) is 2. The molecule has 84 valence electrons. The topological polar surface area (TPSA) is 76.2 Å². The Balaban J connectivity index is 0.000000187. The van der Waals surface area contributed by atoms with Gasteiger partial charge in [0.2, 0.25) is 0 Å². The summed E-state index contributed by atoms with van der Waals surface area (Å²) >= 11 is 0. The van der Waals surface area contributed by atoms with E-state index in [1.165, 1.54) is 5.39 Å². The molecule has 0 aliphatic rings. The largest absolute Gasteiger partial charge is 0.481 e. The van der Waals surface area contributed by atoms with Gasteiger partial charge in [0.1, 0.15) is 0 Å². The maximum Gasteiger partial charge on any atom is 0.304 e. The Hall–Kier alpha value is -1.94. The summed E-state index contributed by atoms with van der Waals surface area (Å²) in [6, 6.07) is 12.1. The maximum absolute atomic E-state index is 9.52. The van der Waals surface area contributed by atoms with E-state index in [4.69, 9.17) is 10.8 Å². The normalized spacial score (nSPS) is 9.31. The summed E-state index contributed by atoms with van der Waals surface area (Å²) in [7, 11) is 0. The van der Waals surface area contributed by atoms with Crippen molar-refractivity contribution in [2.24, 2.45) is 5.73 Å². The zero-order chi connectivity index (χ0) is 11.8. The molecule has 0 aliphatic heterocycles. The van der Waals surface area contributed by atoms with Gasteiger partial charge < -0.3 is 10.8 Å². The first-order chi connectivity index (χ1) is 7.74. The van der Waals surface area contributed by atoms with Gasteiger partial charge in [-0.15, -0.1) is 0 Å². The van der Waals surface area contributed by atoms with Crippen LogP contribution in [0.15, 0.2) is 42.6 Å². The number of nitrogens with two attached hydrogens (primary N) is 1. The van der Waals surface area contributed by atoms with Crippen LogP contribution < -0.4 is 5.73 Å². The van der Waals surface area contributed by atoms with Crippen molar-refractivity contribution in [2.45, 2.75) is 6.42 Å². The lowest BCUT2D eigenvalue weighted by Gasteiger charge is -1.91. The van der Waals surface area contributed by atoms with Gasteiger partial charge in [-0.2, -0.15) is 0 Å². The maximum atomic E-state index is 9.52. The quantitative estimate of drug-likeness (QED) is 0.803. The van der Waals surface area contributed by atoms with Crippen LogP contribution in [-0.4, -0.2) is 22.6 Å². The Morgan fingerprint density at radius 1 is 1.25 bits per heavy atom. The SMILES string of the molecule is NCCC(=O)O.c1ccc2ncccc2c1. The lowest BCUT2D eigenvalue weighted by molar-refractivity contribution is -0.136. The Morgan fingerprint density at radius 2 is 1.94 bits per heavy atom. The molecule has 0 amide bonds. The fraction of sp³-hybridized carbons (Fsp3) is 0.167. The molecule has 16 heavy (non-hydrogen) atoms. The molecule has 1 aromatic carbocycles. The zero-order valence-electron chi connectivity index (χ0n) is 8.84. The van der Waals surface area contributed by atoms with Gasteiger partial charge in [-0.1, -0.05) is 24.3 Å². The second kappa shape index (κ2) is 6.53. The van der Waals surface area contributed by atoms with Gasteiger partial charge >= 0.3 is 5.97 Å². The third kappa shape index (κ3) is 4.06. The average molecular weight is 218 g/mol. The first-order valence-electron chi connectivity index (χ1n) is 4.95. The predicted octanol–water partition coefficient (Wildman–Crippen LogP) is 1.65. The third-order valence-electron chi connectivity index (χ3n) is 1.87. The van der Waals surface area contributed by atoms with Crippen LogP contribution in [0.2, 0.25) is 0 Å². The van der Waals surface area contributed by atoms with E-state index in [1.807, 2.05) is 30.5 Å². The number of aromatic nitrogens is 1. The fourth-order valence-corrected chi connectivity index (χ4v) is 1.14. The standard InChI is InChI=1S/C9H7N.C3H7NO2/c1-2-6-9-8(4-1)5-3-7-10-9;4-2-1-3(5)6/h1-7H;1-2,4H2,(H,5,6). The number of pyridine rings is 1. The number of benzene rings is 1. The summed E-state index contributed by atoms with van der Waals surface area (Å²) in [6.07, 6.45) is 1.88. The van der Waals surface area contributed by atoms with Crippen LogP contribution in [0, 0.1) is 0 Å². The third-order valence-corrected chi connectivity index (χ3v) is 1.87. The minimum atomic E-state index is -0.836. The summed E-state index contributed by atoms with van der Waals surface area (Å²) in [5.74, 6) is -0.836. The number of rotatable bonds is 2. The van der Waals surface area contributed by atoms with Crippen molar-refractivity contribution < 1.29 is 9.90 Å². The number of carboxylic acid groups (broad SMARTS) is 1. The second-order valence-corrected chi connectivity index (χ2v) is 3.13. The molecule has 0 fully saturated rings. The molecule has 0 spiro atoms. The van der Waals surface area contributed by atoms with Crippen molar-refractivity contribution in [3.8, 4) is 0 Å². The van der Waals surface area contributed by atoms with E-state index in [0.717, 1.165) is 5.52 Å². The summed E-state index contributed by atoms with van der Waals surface area (Å²) in [5, 5.41) is 9.03. The number of carboxylic acids is 1. The smallest absolute Gasteiger partial charge is 0.304 e. The molecule has 2 rings (SSSR count). The van der Waals surface area contributed by atoms with Crippen LogP contribution in [0.25, 0.3) is 10.9 Å². The molecule has 1 aromatic heterocycles. The summed E-state index contributed by atoms with van der Waals surface area (Å²) in [6.45, 7) is 0.231. The van der Waals surface area contributed by atoms with Gasteiger partial charge in [0, 0.05) is 18.1 Å². The first-order valence-corrected chi connectivity index (χ1v) is 4.95. The highest BCUT2D eigenvalue weighted by Gasteiger charge is 1.88. The minimum Gasteiger partial charge on any atom is -0.481 e. The Labute approximate surface area is 93.7 Å². The summed E-state index contributed by atoms with van der Waals surface area (Å²) < 4.78 is 0. The van der Waals surface area contributed by atoms with E-state index >= 15 is 0 Å². The van der Waals surface area contributed by atoms with E-state index < -0.39 is 5.97 Å². The van der Waals surface area contributed by atoms with Gasteiger partial charge in [-0.25, -0.2) is 0 Å². The van der Waals surface area contributed by atoms with E-state index in [0.29, 0.717) is 0 Å². The molecule has 0 atom stereocenters. The Morgan fingerprint density at radius 3 is 2.50 bits per heavy atom. The van der Waals surface area contributed by atoms with Crippen LogP contribution in [0.5, 0.6) is 0 Å². The molecular weight excluding hydrogens is 204 g/mol. The van der Waals surface area contributed by atoms with Crippen molar-refractivity contribution in [1.29, 1.82) is 0 Å². The van der Waals surface area contributed by atoms with Gasteiger partial charge in [-0.3, -0.25) is 9.78 Å². The molecule has 0 unspecified atom stereocenters. The zero-order valence-corrected chi connectivity index (χ0v) is 8.84. The van der Waals surface area contributed by atoms with Crippen LogP contribution in [0.4, 0.5) is 0 Å². The number of para-hydroxylation sites is 1. The summed E-state index contributed by atoms with van der Waals surface area (Å²) in [5.41, 5.74) is 5.91. The van der Waals surface area contributed by atoms with E-state index in [9.17, 15) is 4.79 Å². The van der Waals surface area contributed by atoms with E-state index in [1.54, 1.807) is 0 Å². The highest BCUT2D eigenvalue weighted by molar-refractivity contribution is 5.77. The highest BCUT2D eigenvalue weighted by Crippen LogP contribution is 2.07. The molecule has 0 saturated heterocycles. The fourth-order valence-electron chi connectivity index (χ4n) is 1.14. The summed E-state index contributed by atoms with van der Waals surface area (Å²) in [4.78, 5) is 13.7. The molecule has 0 bridgehead atoms. The van der Waals surface area contributed by atoms with Gasteiger partial charge in [0.15, 0.2) is 0 Å². The molecule has 0 radical (unpaired) electrons. The highest BCUT2D eigenvalue weighted by atomic mass is 16.4. The second-order valence-electron chi connectivity index (χ2n) is 3.13. The monoisotopic (exact) mass is 218 g/mol. The number of carbonyl (C=O) groups is 1. The van der Waals surface area contributed by atoms with E-state index in [-0.39, 0.29) is 13.0 Å². The molecular formula is C12H14N2O2. The van der Waals surface area contributed by atoms with Crippen molar-refractivity contribution in [3.63, 3.8) is 0 Å². The van der Waals surface area contributed by atoms with Crippen molar-refractivity contribution in [2.75, 3.05) is 6.54 Å². The average Bonchev–Trinajstić information content (AvgIpc) is 2.30. The molecule has 0 aliphatic carbocycles. The van der Waals surface area contributed by atoms with Crippen LogP contribution in [-0.2, 0) is 4.79 Å². The van der Waals surface area contributed by atoms with Crippen molar-refractivity contribution in [3.05, 3.63) is 42.6 Å². The van der Waals surface area contributed by atoms with Gasteiger partial charge in [0.25, 0.3) is 0 Å². The lowest BCUT2D eigenvalue weighted by Crippen LogP contribution is -2.05. The number of hydrogen-bond acceptors (Lipinski definition) is 3. The van der Waals surface area contributed by atoms with Crippen molar-refractivity contribution in [1.82, 2.24) is 4.98 Å². The molecule has 3 N–H and O–H groups in total. The van der Waals surface area contributed by atoms with Crippen molar-refractivity contribution >= 4 is 16.9 Å². The number of nitrogens with zero attached hydrogens (tertiary/aromatic N) is 1. The van der Waals surface area contributed by atoms with Crippen LogP contribution in [0.3, 0.4) is 0 Å². The minimum absolute atomic E-state index is 0.0694. The molecule has 0 saturated carbocycles. The molecule has 2 aromatic rings.